The van der Waals surface area contributed by atoms with Crippen molar-refractivity contribution in [2.75, 3.05) is 5.32 Å². The molecule has 20 heavy (non-hydrogen) atoms. The molecule has 3 rings (SSSR count). The molecule has 0 aliphatic heterocycles. The third kappa shape index (κ3) is 2.59. The first-order valence-electron chi connectivity index (χ1n) is 6.08. The highest BCUT2D eigenvalue weighted by Gasteiger charge is 2.07. The van der Waals surface area contributed by atoms with Crippen molar-refractivity contribution in [2.45, 2.75) is 6.54 Å². The third-order valence-corrected chi connectivity index (χ3v) is 4.20. The zero-order chi connectivity index (χ0) is 14.1. The lowest BCUT2D eigenvalue weighted by atomic mass is 10.1. The molecule has 0 bridgehead atoms. The Morgan fingerprint density at radius 2 is 1.90 bits per heavy atom. The first-order valence-corrected chi connectivity index (χ1v) is 7.22. The van der Waals surface area contributed by atoms with Gasteiger partial charge in [-0.25, -0.2) is 0 Å². The molecule has 5 heteroatoms. The van der Waals surface area contributed by atoms with Gasteiger partial charge in [0.15, 0.2) is 0 Å². The zero-order valence-corrected chi connectivity index (χ0v) is 12.7. The highest BCUT2D eigenvalue weighted by molar-refractivity contribution is 6.43. The first kappa shape index (κ1) is 13.6. The van der Waals surface area contributed by atoms with Gasteiger partial charge in [-0.3, -0.25) is 0 Å². The van der Waals surface area contributed by atoms with E-state index >= 15 is 0 Å². The number of nitrogens with one attached hydrogen (secondary N) is 2. The third-order valence-electron chi connectivity index (χ3n) is 3.15. The summed E-state index contributed by atoms with van der Waals surface area (Å²) in [5.41, 5.74) is 2.99. The van der Waals surface area contributed by atoms with E-state index in [4.69, 9.17) is 34.8 Å². The molecule has 0 aliphatic carbocycles. The van der Waals surface area contributed by atoms with Crippen LogP contribution in [0.3, 0.4) is 0 Å². The van der Waals surface area contributed by atoms with Gasteiger partial charge in [0.05, 0.1) is 15.7 Å². The number of fused-ring (bicyclic) bond motifs is 1. The van der Waals surface area contributed by atoms with Crippen molar-refractivity contribution in [1.82, 2.24) is 4.98 Å². The minimum absolute atomic E-state index is 0.539. The molecule has 2 N–H and O–H groups in total. The smallest absolute Gasteiger partial charge is 0.0823 e. The Morgan fingerprint density at radius 1 is 1.05 bits per heavy atom. The molecular formula is C15H11Cl3N2. The van der Waals surface area contributed by atoms with Crippen LogP contribution in [0.15, 0.2) is 42.6 Å². The van der Waals surface area contributed by atoms with Crippen LogP contribution in [-0.2, 0) is 6.54 Å². The topological polar surface area (TPSA) is 27.8 Å². The molecule has 0 spiro atoms. The average Bonchev–Trinajstić information content (AvgIpc) is 2.83. The maximum atomic E-state index is 6.15. The first-order chi connectivity index (χ1) is 9.65. The van der Waals surface area contributed by atoms with Gasteiger partial charge in [-0.15, -0.1) is 0 Å². The summed E-state index contributed by atoms with van der Waals surface area (Å²) in [5, 5.41) is 6.23. The summed E-state index contributed by atoms with van der Waals surface area (Å²) in [4.78, 5) is 3.21. The van der Waals surface area contributed by atoms with Gasteiger partial charge in [-0.05, 0) is 29.8 Å². The van der Waals surface area contributed by atoms with E-state index in [1.54, 1.807) is 6.07 Å². The van der Waals surface area contributed by atoms with Gasteiger partial charge in [-0.1, -0.05) is 46.9 Å². The van der Waals surface area contributed by atoms with Gasteiger partial charge >= 0.3 is 0 Å². The molecule has 1 aromatic heterocycles. The van der Waals surface area contributed by atoms with Gasteiger partial charge in [-0.2, -0.15) is 0 Å². The number of hydrogen-bond acceptors (Lipinski definition) is 1. The molecule has 1 heterocycles. The number of aromatic amines is 1. The molecule has 3 aromatic rings. The number of anilines is 1. The second-order valence-electron chi connectivity index (χ2n) is 4.46. The fraction of sp³-hybridized carbons (Fsp3) is 0.0667. The van der Waals surface area contributed by atoms with Crippen LogP contribution in [0.25, 0.3) is 10.9 Å². The maximum absolute atomic E-state index is 6.15. The van der Waals surface area contributed by atoms with Crippen LogP contribution in [0.2, 0.25) is 15.1 Å². The maximum Gasteiger partial charge on any atom is 0.0823 e. The van der Waals surface area contributed by atoms with Crippen LogP contribution in [-0.4, -0.2) is 4.98 Å². The van der Waals surface area contributed by atoms with Crippen molar-refractivity contribution in [3.8, 4) is 0 Å². The van der Waals surface area contributed by atoms with E-state index in [0.29, 0.717) is 16.6 Å². The second-order valence-corrected chi connectivity index (χ2v) is 5.68. The summed E-state index contributed by atoms with van der Waals surface area (Å²) in [5.74, 6) is 0. The number of hydrogen-bond donors (Lipinski definition) is 2. The Balaban J connectivity index is 1.85. The van der Waals surface area contributed by atoms with E-state index in [1.165, 1.54) is 0 Å². The second kappa shape index (κ2) is 5.57. The van der Waals surface area contributed by atoms with Gasteiger partial charge in [0.1, 0.15) is 0 Å². The number of rotatable bonds is 3. The summed E-state index contributed by atoms with van der Waals surface area (Å²) in [6.07, 6.45) is 1.96. The molecule has 2 nitrogen and oxygen atoms in total. The van der Waals surface area contributed by atoms with Crippen molar-refractivity contribution in [2.24, 2.45) is 0 Å². The summed E-state index contributed by atoms with van der Waals surface area (Å²) < 4.78 is 0. The van der Waals surface area contributed by atoms with E-state index in [-0.39, 0.29) is 0 Å². The lowest BCUT2D eigenvalue weighted by molar-refractivity contribution is 1.16. The summed E-state index contributed by atoms with van der Waals surface area (Å²) in [6.45, 7) is 0.654. The number of H-pyrrole nitrogens is 1. The Kier molecular flexibility index (Phi) is 3.79. The SMILES string of the molecule is Clc1ccc2c(CNc3cccc(Cl)c3Cl)c[nH]c2c1. The number of halogens is 3. The van der Waals surface area contributed by atoms with Gasteiger partial charge in [0.25, 0.3) is 0 Å². The van der Waals surface area contributed by atoms with Crippen LogP contribution in [0, 0.1) is 0 Å². The van der Waals surface area contributed by atoms with E-state index in [1.807, 2.05) is 36.5 Å². The van der Waals surface area contributed by atoms with Crippen molar-refractivity contribution in [1.29, 1.82) is 0 Å². The molecule has 0 saturated carbocycles. The zero-order valence-electron chi connectivity index (χ0n) is 10.4. The van der Waals surface area contributed by atoms with Crippen LogP contribution in [0.1, 0.15) is 5.56 Å². The van der Waals surface area contributed by atoms with Gasteiger partial charge < -0.3 is 10.3 Å². The molecule has 0 saturated heterocycles. The Hall–Kier alpha value is -1.35. The quantitative estimate of drug-likeness (QED) is 0.631. The summed E-state index contributed by atoms with van der Waals surface area (Å²) >= 11 is 18.1. The van der Waals surface area contributed by atoms with Gasteiger partial charge in [0, 0.05) is 28.7 Å². The summed E-state index contributed by atoms with van der Waals surface area (Å²) in [6, 6.07) is 11.3. The van der Waals surface area contributed by atoms with Crippen molar-refractivity contribution in [3.63, 3.8) is 0 Å². The van der Waals surface area contributed by atoms with E-state index < -0.39 is 0 Å². The fourth-order valence-electron chi connectivity index (χ4n) is 2.14. The molecule has 2 aromatic carbocycles. The minimum Gasteiger partial charge on any atom is -0.380 e. The molecule has 0 radical (unpaired) electrons. The lowest BCUT2D eigenvalue weighted by Gasteiger charge is -2.08. The Labute approximate surface area is 131 Å². The van der Waals surface area contributed by atoms with Crippen LogP contribution >= 0.6 is 34.8 Å². The molecule has 0 atom stereocenters. The van der Waals surface area contributed by atoms with Crippen molar-refractivity contribution >= 4 is 51.4 Å². The molecule has 0 fully saturated rings. The molecular weight excluding hydrogens is 315 g/mol. The summed E-state index contributed by atoms with van der Waals surface area (Å²) in [7, 11) is 0. The average molecular weight is 326 g/mol. The predicted octanol–water partition coefficient (Wildman–Crippen LogP) is 5.74. The van der Waals surface area contributed by atoms with E-state index in [9.17, 15) is 0 Å². The van der Waals surface area contributed by atoms with Crippen LogP contribution < -0.4 is 5.32 Å². The van der Waals surface area contributed by atoms with Gasteiger partial charge in [0.2, 0.25) is 0 Å². The lowest BCUT2D eigenvalue weighted by Crippen LogP contribution is -1.99. The molecule has 102 valence electrons. The monoisotopic (exact) mass is 324 g/mol. The van der Waals surface area contributed by atoms with Crippen LogP contribution in [0.4, 0.5) is 5.69 Å². The minimum atomic E-state index is 0.539. The largest absolute Gasteiger partial charge is 0.380 e. The Morgan fingerprint density at radius 3 is 2.75 bits per heavy atom. The number of benzene rings is 2. The van der Waals surface area contributed by atoms with E-state index in [0.717, 1.165) is 27.2 Å². The highest BCUT2D eigenvalue weighted by atomic mass is 35.5. The van der Waals surface area contributed by atoms with E-state index in [2.05, 4.69) is 10.3 Å². The fourth-order valence-corrected chi connectivity index (χ4v) is 2.68. The predicted molar refractivity (Wildman–Crippen MR) is 87.1 cm³/mol. The highest BCUT2D eigenvalue weighted by Crippen LogP contribution is 2.30. The van der Waals surface area contributed by atoms with Crippen molar-refractivity contribution < 1.29 is 0 Å². The molecule has 0 aliphatic rings. The van der Waals surface area contributed by atoms with Crippen molar-refractivity contribution in [3.05, 3.63) is 63.2 Å². The normalized spacial score (nSPS) is 10.9. The molecule has 0 amide bonds. The standard InChI is InChI=1S/C15H11Cl3N2/c16-10-4-5-11-9(8-20-14(11)6-10)7-19-13-3-1-2-12(17)15(13)18/h1-6,8,19-20H,7H2. The van der Waals surface area contributed by atoms with Crippen LogP contribution in [0.5, 0.6) is 0 Å². The Bertz CT molecular complexity index is 765. The number of aromatic nitrogens is 1. The molecule has 0 unspecified atom stereocenters.